The maximum absolute atomic E-state index is 6.15. The quantitative estimate of drug-likeness (QED) is 0.195. The van der Waals surface area contributed by atoms with E-state index in [1.807, 2.05) is 18.2 Å². The molecule has 0 bridgehead atoms. The average molecular weight is 565 g/mol. The zero-order chi connectivity index (χ0) is 28.8. The molecule has 44 heavy (non-hydrogen) atoms. The van der Waals surface area contributed by atoms with E-state index < -0.39 is 0 Å². The summed E-state index contributed by atoms with van der Waals surface area (Å²) in [4.78, 5) is 17.8. The van der Waals surface area contributed by atoms with E-state index in [9.17, 15) is 0 Å². The minimum atomic E-state index is 0.468. The van der Waals surface area contributed by atoms with Crippen LogP contribution in [0, 0.1) is 0 Å². The molecule has 0 spiro atoms. The van der Waals surface area contributed by atoms with Crippen molar-refractivity contribution in [1.29, 1.82) is 0 Å². The Morgan fingerprint density at radius 2 is 1.05 bits per heavy atom. The number of benzene rings is 6. The molecule has 0 N–H and O–H groups in total. The van der Waals surface area contributed by atoms with Crippen LogP contribution in [0.5, 0.6) is 0 Å². The lowest BCUT2D eigenvalue weighted by atomic mass is 9.85. The van der Waals surface area contributed by atoms with Gasteiger partial charge in [0.05, 0.1) is 6.20 Å². The van der Waals surface area contributed by atoms with E-state index >= 15 is 0 Å². The molecule has 6 nitrogen and oxygen atoms in total. The van der Waals surface area contributed by atoms with Gasteiger partial charge in [-0.1, -0.05) is 78.9 Å². The normalized spacial score (nSPS) is 12.1. The molecule has 4 aromatic heterocycles. The van der Waals surface area contributed by atoms with Gasteiger partial charge in [0, 0.05) is 16.2 Å². The number of hydrogen-bond donors (Lipinski definition) is 0. The molecule has 0 aliphatic carbocycles. The molecule has 6 aromatic carbocycles. The lowest BCUT2D eigenvalue weighted by Gasteiger charge is -2.17. The first-order chi connectivity index (χ1) is 21.8. The molecule has 10 aromatic rings. The van der Waals surface area contributed by atoms with Gasteiger partial charge in [0.15, 0.2) is 5.65 Å². The Morgan fingerprint density at radius 3 is 1.73 bits per heavy atom. The average Bonchev–Trinajstić information content (AvgIpc) is 3.63. The Balaban J connectivity index is 1.27. The molecule has 0 atom stereocenters. The summed E-state index contributed by atoms with van der Waals surface area (Å²) in [5.74, 6) is 0. The molecule has 0 unspecified atom stereocenters. The smallest absolute Gasteiger partial charge is 0.248 e. The third-order valence-electron chi connectivity index (χ3n) is 8.64. The van der Waals surface area contributed by atoms with Crippen LogP contribution in [0.3, 0.4) is 0 Å². The first kappa shape index (κ1) is 23.4. The summed E-state index contributed by atoms with van der Waals surface area (Å²) in [6.45, 7) is 0. The molecule has 0 saturated heterocycles. The molecular formula is C38H20N4O2. The van der Waals surface area contributed by atoms with Gasteiger partial charge in [-0.25, -0.2) is 15.0 Å². The minimum absolute atomic E-state index is 0.468. The van der Waals surface area contributed by atoms with Crippen molar-refractivity contribution in [2.24, 2.45) is 0 Å². The third-order valence-corrected chi connectivity index (χ3v) is 8.64. The Morgan fingerprint density at radius 1 is 0.477 bits per heavy atom. The minimum Gasteiger partial charge on any atom is -0.456 e. The predicted molar refractivity (Wildman–Crippen MR) is 176 cm³/mol. The zero-order valence-electron chi connectivity index (χ0n) is 23.2. The monoisotopic (exact) mass is 564 g/mol. The van der Waals surface area contributed by atoms with Crippen LogP contribution in [-0.2, 0) is 0 Å². The topological polar surface area (TPSA) is 77.8 Å². The van der Waals surface area contributed by atoms with E-state index in [-0.39, 0.29) is 0 Å². The zero-order valence-corrected chi connectivity index (χ0v) is 23.2. The van der Waals surface area contributed by atoms with Crippen LogP contribution in [0.4, 0.5) is 0 Å². The summed E-state index contributed by atoms with van der Waals surface area (Å²) in [7, 11) is 0. The Hall–Kier alpha value is -6.14. The lowest BCUT2D eigenvalue weighted by Crippen LogP contribution is -1.91. The Kier molecular flexibility index (Phi) is 4.63. The van der Waals surface area contributed by atoms with Crippen LogP contribution < -0.4 is 0 Å². The van der Waals surface area contributed by atoms with Gasteiger partial charge in [0.1, 0.15) is 34.1 Å². The van der Waals surface area contributed by atoms with Crippen LogP contribution in [-0.4, -0.2) is 19.9 Å². The lowest BCUT2D eigenvalue weighted by molar-refractivity contribution is 0.654. The van der Waals surface area contributed by atoms with Gasteiger partial charge in [-0.2, -0.15) is 4.98 Å². The van der Waals surface area contributed by atoms with Crippen LogP contribution in [0.25, 0.3) is 99.1 Å². The molecule has 0 fully saturated rings. The van der Waals surface area contributed by atoms with E-state index in [4.69, 9.17) is 13.8 Å². The van der Waals surface area contributed by atoms with Crippen molar-refractivity contribution in [2.75, 3.05) is 0 Å². The van der Waals surface area contributed by atoms with Crippen molar-refractivity contribution < 1.29 is 8.83 Å². The summed E-state index contributed by atoms with van der Waals surface area (Å²) in [5, 5.41) is 7.88. The maximum Gasteiger partial charge on any atom is 0.248 e. The van der Waals surface area contributed by atoms with E-state index in [2.05, 4.69) is 106 Å². The fraction of sp³-hybridized carbons (Fsp3) is 0. The van der Waals surface area contributed by atoms with E-state index in [0.29, 0.717) is 22.4 Å². The second-order valence-corrected chi connectivity index (χ2v) is 11.1. The van der Waals surface area contributed by atoms with E-state index in [0.717, 1.165) is 44.0 Å². The number of hydrogen-bond acceptors (Lipinski definition) is 6. The number of aromatic nitrogens is 4. The van der Waals surface area contributed by atoms with Crippen molar-refractivity contribution >= 4 is 76.8 Å². The number of para-hydroxylation sites is 1. The van der Waals surface area contributed by atoms with Crippen molar-refractivity contribution in [3.05, 3.63) is 122 Å². The number of rotatable bonds is 2. The third kappa shape index (κ3) is 3.25. The number of fused-ring (bicyclic) bond motifs is 9. The van der Waals surface area contributed by atoms with Crippen LogP contribution >= 0.6 is 0 Å². The van der Waals surface area contributed by atoms with Crippen molar-refractivity contribution in [2.45, 2.75) is 0 Å². The fourth-order valence-corrected chi connectivity index (χ4v) is 6.74. The molecule has 10 rings (SSSR count). The van der Waals surface area contributed by atoms with E-state index in [1.165, 1.54) is 39.0 Å². The highest BCUT2D eigenvalue weighted by Gasteiger charge is 2.19. The molecular weight excluding hydrogens is 544 g/mol. The molecule has 6 heteroatoms. The molecule has 204 valence electrons. The van der Waals surface area contributed by atoms with Crippen LogP contribution in [0.15, 0.2) is 131 Å². The number of nitrogens with zero attached hydrogens (tertiary/aromatic N) is 4. The first-order valence-corrected chi connectivity index (χ1v) is 14.5. The summed E-state index contributed by atoms with van der Waals surface area (Å²) in [6, 6.07) is 38.4. The van der Waals surface area contributed by atoms with Crippen molar-refractivity contribution in [3.63, 3.8) is 0 Å². The van der Waals surface area contributed by atoms with Gasteiger partial charge in [-0.15, -0.1) is 0 Å². The molecule has 0 amide bonds. The van der Waals surface area contributed by atoms with Gasteiger partial charge in [-0.3, -0.25) is 0 Å². The second kappa shape index (κ2) is 8.69. The van der Waals surface area contributed by atoms with E-state index in [1.54, 1.807) is 6.20 Å². The molecule has 0 aliphatic heterocycles. The Bertz CT molecular complexity index is 2740. The second-order valence-electron chi connectivity index (χ2n) is 11.1. The van der Waals surface area contributed by atoms with Crippen molar-refractivity contribution in [1.82, 2.24) is 19.9 Å². The summed E-state index contributed by atoms with van der Waals surface area (Å²) >= 11 is 0. The fourth-order valence-electron chi connectivity index (χ4n) is 6.74. The summed E-state index contributed by atoms with van der Waals surface area (Å²) < 4.78 is 12.3. The molecule has 4 heterocycles. The van der Waals surface area contributed by atoms with Gasteiger partial charge in [-0.05, 0) is 74.1 Å². The maximum atomic E-state index is 6.15. The highest BCUT2D eigenvalue weighted by molar-refractivity contribution is 6.22. The van der Waals surface area contributed by atoms with Gasteiger partial charge in [0.2, 0.25) is 5.71 Å². The first-order valence-electron chi connectivity index (χ1n) is 14.5. The SMILES string of the molecule is c1ccc2c(c1)oc1ccc(-c3c4ccccc4c(-c4ccc5oc6nc7ncncc7nc6c5c4)c4ccccc34)cc12. The van der Waals surface area contributed by atoms with Crippen molar-refractivity contribution in [3.8, 4) is 22.3 Å². The molecule has 0 saturated carbocycles. The Labute approximate surface area is 249 Å². The predicted octanol–water partition coefficient (Wildman–Crippen LogP) is 9.86. The summed E-state index contributed by atoms with van der Waals surface area (Å²) in [6.07, 6.45) is 3.15. The number of furan rings is 2. The van der Waals surface area contributed by atoms with Gasteiger partial charge >= 0.3 is 0 Å². The summed E-state index contributed by atoms with van der Waals surface area (Å²) in [5.41, 5.74) is 9.47. The molecule has 0 radical (unpaired) electrons. The molecule has 0 aliphatic rings. The van der Waals surface area contributed by atoms with Gasteiger partial charge < -0.3 is 8.83 Å². The standard InChI is InChI=1S/C38H20N4O2/c1-3-10-26-24(8-1)34(21-13-15-32-28(17-21)23-7-5-6-12-31(23)43-32)25-9-2-4-11-27(25)35(26)22-14-16-33-29(18-22)36-38(44-33)42-37-30(41-36)19-39-20-40-37/h1-20H. The van der Waals surface area contributed by atoms with Crippen LogP contribution in [0.2, 0.25) is 0 Å². The largest absolute Gasteiger partial charge is 0.456 e. The van der Waals surface area contributed by atoms with Gasteiger partial charge in [0.25, 0.3) is 0 Å². The highest BCUT2D eigenvalue weighted by atomic mass is 16.3. The van der Waals surface area contributed by atoms with Crippen LogP contribution in [0.1, 0.15) is 0 Å². The highest BCUT2D eigenvalue weighted by Crippen LogP contribution is 2.45.